The van der Waals surface area contributed by atoms with Crippen LogP contribution in [0.4, 0.5) is 5.69 Å². The molecule has 0 spiro atoms. The molecule has 0 amide bonds. The van der Waals surface area contributed by atoms with Crippen LogP contribution in [0.1, 0.15) is 5.56 Å². The number of benzene rings is 2. The maximum atomic E-state index is 12.1. The van der Waals surface area contributed by atoms with Crippen LogP contribution in [0.5, 0.6) is 0 Å². The minimum atomic E-state index is -3.54. The molecule has 2 aromatic rings. The van der Waals surface area contributed by atoms with Crippen LogP contribution in [0.25, 0.3) is 0 Å². The quantitative estimate of drug-likeness (QED) is 0.771. The van der Waals surface area contributed by atoms with Gasteiger partial charge >= 0.3 is 0 Å². The first-order chi connectivity index (χ1) is 9.88. The summed E-state index contributed by atoms with van der Waals surface area (Å²) in [5.41, 5.74) is 7.30. The molecular formula is C14H14BrClN2O2S. The average molecular weight is 390 g/mol. The molecule has 0 aromatic heterocycles. The standard InChI is InChI=1S/C14H14BrClN2O2S/c15-13-9-12(5-6-14(13)16)21(19,20)18-8-7-10-1-3-11(17)4-2-10/h1-6,9,18H,7-8,17H2. The zero-order valence-electron chi connectivity index (χ0n) is 11.0. The Morgan fingerprint density at radius 2 is 1.81 bits per heavy atom. The summed E-state index contributed by atoms with van der Waals surface area (Å²) in [7, 11) is -3.54. The van der Waals surface area contributed by atoms with E-state index in [-0.39, 0.29) is 4.90 Å². The molecule has 0 unspecified atom stereocenters. The lowest BCUT2D eigenvalue weighted by molar-refractivity contribution is 0.581. The first-order valence-electron chi connectivity index (χ1n) is 6.17. The molecule has 2 rings (SSSR count). The third kappa shape index (κ3) is 4.44. The van der Waals surface area contributed by atoms with Crippen molar-refractivity contribution in [3.05, 3.63) is 57.5 Å². The van der Waals surface area contributed by atoms with Gasteiger partial charge in [0.1, 0.15) is 0 Å². The van der Waals surface area contributed by atoms with E-state index in [2.05, 4.69) is 20.7 Å². The number of hydrogen-bond donors (Lipinski definition) is 2. The molecule has 112 valence electrons. The van der Waals surface area contributed by atoms with Gasteiger partial charge in [-0.25, -0.2) is 13.1 Å². The zero-order chi connectivity index (χ0) is 15.5. The Labute approximate surface area is 137 Å². The Kier molecular flexibility index (Phi) is 5.27. The van der Waals surface area contributed by atoms with Gasteiger partial charge in [-0.2, -0.15) is 0 Å². The summed E-state index contributed by atoms with van der Waals surface area (Å²) in [5.74, 6) is 0. The number of nitrogens with one attached hydrogen (secondary N) is 1. The van der Waals surface area contributed by atoms with Crippen LogP contribution in [0.15, 0.2) is 51.8 Å². The first-order valence-corrected chi connectivity index (χ1v) is 8.83. The molecule has 0 atom stereocenters. The van der Waals surface area contributed by atoms with Crippen LogP contribution in [-0.4, -0.2) is 15.0 Å². The second-order valence-electron chi connectivity index (χ2n) is 4.47. The molecule has 0 aliphatic heterocycles. The van der Waals surface area contributed by atoms with Gasteiger partial charge in [-0.15, -0.1) is 0 Å². The van der Waals surface area contributed by atoms with Crippen LogP contribution < -0.4 is 10.5 Å². The minimum Gasteiger partial charge on any atom is -0.399 e. The van der Waals surface area contributed by atoms with E-state index in [4.69, 9.17) is 17.3 Å². The van der Waals surface area contributed by atoms with E-state index in [1.165, 1.54) is 12.1 Å². The molecule has 2 aromatic carbocycles. The SMILES string of the molecule is Nc1ccc(CCNS(=O)(=O)c2ccc(Cl)c(Br)c2)cc1. The van der Waals surface area contributed by atoms with Gasteiger partial charge in [-0.1, -0.05) is 23.7 Å². The van der Waals surface area contributed by atoms with Crippen LogP contribution in [-0.2, 0) is 16.4 Å². The predicted octanol–water partition coefficient (Wildman–Crippen LogP) is 3.21. The summed E-state index contributed by atoms with van der Waals surface area (Å²) in [4.78, 5) is 0.177. The van der Waals surface area contributed by atoms with E-state index in [0.29, 0.717) is 28.1 Å². The van der Waals surface area contributed by atoms with Crippen molar-refractivity contribution in [2.45, 2.75) is 11.3 Å². The van der Waals surface area contributed by atoms with Crippen LogP contribution in [0.3, 0.4) is 0 Å². The van der Waals surface area contributed by atoms with Gasteiger partial charge in [0, 0.05) is 16.7 Å². The molecule has 0 saturated heterocycles. The van der Waals surface area contributed by atoms with Gasteiger partial charge in [-0.3, -0.25) is 0 Å². The van der Waals surface area contributed by atoms with Crippen molar-refractivity contribution < 1.29 is 8.42 Å². The van der Waals surface area contributed by atoms with E-state index >= 15 is 0 Å². The molecule has 7 heteroatoms. The fourth-order valence-electron chi connectivity index (χ4n) is 1.74. The van der Waals surface area contributed by atoms with Gasteiger partial charge in [0.05, 0.1) is 9.92 Å². The first kappa shape index (κ1) is 16.3. The number of nitrogen functional groups attached to an aromatic ring is 1. The van der Waals surface area contributed by atoms with Crippen molar-refractivity contribution in [2.24, 2.45) is 0 Å². The van der Waals surface area contributed by atoms with Gasteiger partial charge in [0.25, 0.3) is 0 Å². The fraction of sp³-hybridized carbons (Fsp3) is 0.143. The van der Waals surface area contributed by atoms with Crippen molar-refractivity contribution in [2.75, 3.05) is 12.3 Å². The third-order valence-electron chi connectivity index (χ3n) is 2.89. The minimum absolute atomic E-state index is 0.177. The number of anilines is 1. The molecular weight excluding hydrogens is 376 g/mol. The van der Waals surface area contributed by atoms with E-state index in [9.17, 15) is 8.42 Å². The Bertz CT molecular complexity index is 733. The average Bonchev–Trinajstić information content (AvgIpc) is 2.44. The molecule has 4 nitrogen and oxygen atoms in total. The molecule has 0 radical (unpaired) electrons. The van der Waals surface area contributed by atoms with Crippen LogP contribution in [0, 0.1) is 0 Å². The number of halogens is 2. The number of sulfonamides is 1. The maximum absolute atomic E-state index is 12.1. The van der Waals surface area contributed by atoms with Crippen molar-refractivity contribution >= 4 is 43.2 Å². The summed E-state index contributed by atoms with van der Waals surface area (Å²) < 4.78 is 27.4. The van der Waals surface area contributed by atoms with Crippen molar-refractivity contribution in [3.8, 4) is 0 Å². The summed E-state index contributed by atoms with van der Waals surface area (Å²) in [6.45, 7) is 0.312. The maximum Gasteiger partial charge on any atom is 0.240 e. The number of hydrogen-bond acceptors (Lipinski definition) is 3. The number of rotatable bonds is 5. The summed E-state index contributed by atoms with van der Waals surface area (Å²) in [6.07, 6.45) is 0.592. The summed E-state index contributed by atoms with van der Waals surface area (Å²) >= 11 is 9.07. The molecule has 21 heavy (non-hydrogen) atoms. The summed E-state index contributed by atoms with van der Waals surface area (Å²) in [6, 6.07) is 11.8. The second kappa shape index (κ2) is 6.79. The van der Waals surface area contributed by atoms with Crippen LogP contribution in [0.2, 0.25) is 5.02 Å². The van der Waals surface area contributed by atoms with E-state index in [0.717, 1.165) is 5.56 Å². The van der Waals surface area contributed by atoms with E-state index in [1.54, 1.807) is 18.2 Å². The largest absolute Gasteiger partial charge is 0.399 e. The van der Waals surface area contributed by atoms with Gasteiger partial charge in [-0.05, 0) is 58.2 Å². The van der Waals surface area contributed by atoms with Gasteiger partial charge < -0.3 is 5.73 Å². The van der Waals surface area contributed by atoms with Gasteiger partial charge in [0.15, 0.2) is 0 Å². The highest BCUT2D eigenvalue weighted by Gasteiger charge is 2.14. The highest BCUT2D eigenvalue weighted by molar-refractivity contribution is 9.10. The highest BCUT2D eigenvalue weighted by atomic mass is 79.9. The van der Waals surface area contributed by atoms with Crippen LogP contribution >= 0.6 is 27.5 Å². The van der Waals surface area contributed by atoms with E-state index in [1.807, 2.05) is 12.1 Å². The monoisotopic (exact) mass is 388 g/mol. The zero-order valence-corrected chi connectivity index (χ0v) is 14.2. The Morgan fingerprint density at radius 3 is 2.43 bits per heavy atom. The van der Waals surface area contributed by atoms with E-state index < -0.39 is 10.0 Å². The Morgan fingerprint density at radius 1 is 1.14 bits per heavy atom. The molecule has 0 aliphatic rings. The van der Waals surface area contributed by atoms with Gasteiger partial charge in [0.2, 0.25) is 10.0 Å². The fourth-order valence-corrected chi connectivity index (χ4v) is 3.45. The number of nitrogens with two attached hydrogens (primary N) is 1. The van der Waals surface area contributed by atoms with Crippen molar-refractivity contribution in [1.82, 2.24) is 4.72 Å². The Balaban J connectivity index is 2.01. The molecule has 0 fully saturated rings. The Hall–Kier alpha value is -1.08. The predicted molar refractivity (Wildman–Crippen MR) is 88.9 cm³/mol. The molecule has 0 heterocycles. The lowest BCUT2D eigenvalue weighted by Crippen LogP contribution is -2.26. The normalized spacial score (nSPS) is 11.5. The second-order valence-corrected chi connectivity index (χ2v) is 7.49. The summed E-state index contributed by atoms with van der Waals surface area (Å²) in [5, 5.41) is 0.468. The smallest absolute Gasteiger partial charge is 0.240 e. The molecule has 3 N–H and O–H groups in total. The molecule has 0 aliphatic carbocycles. The lowest BCUT2D eigenvalue weighted by Gasteiger charge is -2.08. The molecule has 0 saturated carbocycles. The van der Waals surface area contributed by atoms with Crippen molar-refractivity contribution in [1.29, 1.82) is 0 Å². The highest BCUT2D eigenvalue weighted by Crippen LogP contribution is 2.25. The molecule has 0 bridgehead atoms. The lowest BCUT2D eigenvalue weighted by atomic mass is 10.1. The topological polar surface area (TPSA) is 72.2 Å². The third-order valence-corrected chi connectivity index (χ3v) is 5.56. The van der Waals surface area contributed by atoms with Crippen molar-refractivity contribution in [3.63, 3.8) is 0 Å².